The molecule has 3 heterocycles. The summed E-state index contributed by atoms with van der Waals surface area (Å²) in [5.74, 6) is -4.43. The highest BCUT2D eigenvalue weighted by molar-refractivity contribution is 5.89. The molecule has 1 N–H and O–H groups in total. The molecule has 41 heavy (non-hydrogen) atoms. The quantitative estimate of drug-likeness (QED) is 0.504. The second-order valence-corrected chi connectivity index (χ2v) is 12.5. The van der Waals surface area contributed by atoms with Crippen molar-refractivity contribution in [1.82, 2.24) is 20.2 Å². The molecule has 1 aromatic heterocycles. The van der Waals surface area contributed by atoms with E-state index in [1.807, 2.05) is 27.7 Å². The van der Waals surface area contributed by atoms with Crippen LogP contribution in [0, 0.1) is 17.3 Å². The predicted octanol–water partition coefficient (Wildman–Crippen LogP) is 5.01. The van der Waals surface area contributed by atoms with Gasteiger partial charge in [-0.1, -0.05) is 46.2 Å². The van der Waals surface area contributed by atoms with E-state index in [1.165, 1.54) is 4.90 Å². The van der Waals surface area contributed by atoms with E-state index in [0.29, 0.717) is 43.0 Å². The summed E-state index contributed by atoms with van der Waals surface area (Å²) in [4.78, 5) is 49.2. The number of halogens is 2. The fourth-order valence-electron chi connectivity index (χ4n) is 6.03. The summed E-state index contributed by atoms with van der Waals surface area (Å²) < 4.78 is 43.3. The Balaban J connectivity index is 1.55. The van der Waals surface area contributed by atoms with E-state index in [4.69, 9.17) is 9.47 Å². The van der Waals surface area contributed by atoms with Gasteiger partial charge in [0.05, 0.1) is 23.6 Å². The molecular formula is C30H38F2N4O5. The number of carbonyl (C=O) groups excluding carboxylic acids is 3. The number of nitrogens with one attached hydrogen (secondary N) is 1. The molecule has 3 aliphatic rings. The molecule has 0 radical (unpaired) electrons. The Labute approximate surface area is 238 Å². The van der Waals surface area contributed by atoms with Crippen molar-refractivity contribution in [2.24, 2.45) is 17.3 Å². The largest absolute Gasteiger partial charge is 0.471 e. The number of benzene rings is 1. The first kappa shape index (κ1) is 29.1. The van der Waals surface area contributed by atoms with Crippen molar-refractivity contribution in [3.8, 4) is 5.88 Å². The monoisotopic (exact) mass is 572 g/mol. The number of alkyl halides is 2. The van der Waals surface area contributed by atoms with Crippen molar-refractivity contribution in [2.75, 3.05) is 6.54 Å². The molecule has 2 amide bonds. The second-order valence-electron chi connectivity index (χ2n) is 12.5. The lowest BCUT2D eigenvalue weighted by molar-refractivity contribution is -0.139. The van der Waals surface area contributed by atoms with E-state index in [9.17, 15) is 14.4 Å². The molecule has 0 spiro atoms. The number of carbonyl (C=O) groups is 3. The van der Waals surface area contributed by atoms with Crippen molar-refractivity contribution < 1.29 is 32.6 Å². The van der Waals surface area contributed by atoms with Crippen molar-refractivity contribution in [3.05, 3.63) is 30.0 Å². The zero-order chi connectivity index (χ0) is 29.5. The number of rotatable bonds is 2. The maximum absolute atomic E-state index is 15.7. The standard InChI is InChI=1S/C30H38F2N4O5/c1-5-18-21(16-37)36-15-23(18)40-26-24(33-19-11-6-7-12-20(19)34-26)30(31,32)13-9-8-10-17-14-22(17)41-28(39)35-25(27(36)38)29(2,3)4/h6-7,11-12,16-18,21-23,25H,5,8-10,13-15H2,1-4H3,(H,35,39)/t17-,18+,21-,22-,23+,25-/m1/s1. The number of nitrogens with zero attached hydrogens (tertiary/aromatic N) is 3. The molecule has 5 rings (SSSR count). The second kappa shape index (κ2) is 11.1. The van der Waals surface area contributed by atoms with Crippen LogP contribution < -0.4 is 10.1 Å². The molecule has 2 aliphatic heterocycles. The van der Waals surface area contributed by atoms with Gasteiger partial charge in [0, 0.05) is 12.3 Å². The van der Waals surface area contributed by atoms with Gasteiger partial charge in [0.15, 0.2) is 5.69 Å². The zero-order valence-electron chi connectivity index (χ0n) is 23.9. The summed E-state index contributed by atoms with van der Waals surface area (Å²) >= 11 is 0. The number of hydrogen-bond donors (Lipinski definition) is 1. The number of aldehydes is 1. The molecule has 2 bridgehead atoms. The summed E-state index contributed by atoms with van der Waals surface area (Å²) in [5.41, 5.74) is -0.496. The lowest BCUT2D eigenvalue weighted by atomic mass is 9.85. The summed E-state index contributed by atoms with van der Waals surface area (Å²) in [5, 5.41) is 2.74. The SMILES string of the molecule is CC[C@@H]1[C@@H]2CN(C(=O)[C@H](C(C)(C)C)NC(=O)O[C@@H]3C[C@H]3CCCCC(F)(F)c3nc4ccccc4nc3O2)[C@@H]1C=O. The first-order valence-electron chi connectivity index (χ1n) is 14.5. The van der Waals surface area contributed by atoms with Gasteiger partial charge in [-0.15, -0.1) is 0 Å². The highest BCUT2D eigenvalue weighted by atomic mass is 19.3. The van der Waals surface area contributed by atoms with Gasteiger partial charge in [0.1, 0.15) is 24.5 Å². The van der Waals surface area contributed by atoms with E-state index < -0.39 is 59.6 Å². The number of ether oxygens (including phenoxy) is 2. The molecule has 222 valence electrons. The van der Waals surface area contributed by atoms with Crippen molar-refractivity contribution in [2.45, 2.75) is 96.4 Å². The third kappa shape index (κ3) is 5.99. The van der Waals surface area contributed by atoms with Gasteiger partial charge in [-0.25, -0.2) is 14.8 Å². The van der Waals surface area contributed by atoms with Gasteiger partial charge < -0.3 is 24.5 Å². The number of aromatic nitrogens is 2. The lowest BCUT2D eigenvalue weighted by Gasteiger charge is -2.34. The Morgan fingerprint density at radius 3 is 2.46 bits per heavy atom. The predicted molar refractivity (Wildman–Crippen MR) is 146 cm³/mol. The topological polar surface area (TPSA) is 111 Å². The summed E-state index contributed by atoms with van der Waals surface area (Å²) in [7, 11) is 0. The van der Waals surface area contributed by atoms with Crippen molar-refractivity contribution in [3.63, 3.8) is 0 Å². The van der Waals surface area contributed by atoms with E-state index in [-0.39, 0.29) is 30.9 Å². The smallest absolute Gasteiger partial charge is 0.408 e. The van der Waals surface area contributed by atoms with Crippen LogP contribution in [0.2, 0.25) is 0 Å². The Hall–Kier alpha value is -3.37. The van der Waals surface area contributed by atoms with Crippen LogP contribution in [0.1, 0.15) is 71.9 Å². The van der Waals surface area contributed by atoms with Crippen molar-refractivity contribution in [1.29, 1.82) is 0 Å². The van der Waals surface area contributed by atoms with Gasteiger partial charge in [0.2, 0.25) is 11.8 Å². The number of hydrogen-bond acceptors (Lipinski definition) is 7. The fourth-order valence-corrected chi connectivity index (χ4v) is 6.03. The van der Waals surface area contributed by atoms with Crippen LogP contribution in [0.15, 0.2) is 24.3 Å². The summed E-state index contributed by atoms with van der Waals surface area (Å²) in [6, 6.07) is 4.91. The molecule has 2 aromatic rings. The maximum atomic E-state index is 15.7. The molecule has 11 heteroatoms. The first-order chi connectivity index (χ1) is 19.4. The van der Waals surface area contributed by atoms with Gasteiger partial charge >= 0.3 is 6.09 Å². The first-order valence-corrected chi connectivity index (χ1v) is 14.5. The molecule has 1 saturated carbocycles. The Kier molecular flexibility index (Phi) is 7.91. The third-order valence-corrected chi connectivity index (χ3v) is 8.50. The minimum Gasteiger partial charge on any atom is -0.471 e. The van der Waals surface area contributed by atoms with Crippen LogP contribution >= 0.6 is 0 Å². The van der Waals surface area contributed by atoms with Crippen LogP contribution in [0.5, 0.6) is 5.88 Å². The molecule has 9 nitrogen and oxygen atoms in total. The van der Waals surface area contributed by atoms with Crippen LogP contribution in [-0.2, 0) is 20.2 Å². The van der Waals surface area contributed by atoms with Crippen LogP contribution in [0.4, 0.5) is 13.6 Å². The molecule has 2 fully saturated rings. The van der Waals surface area contributed by atoms with Gasteiger partial charge in [-0.3, -0.25) is 4.79 Å². The average molecular weight is 573 g/mol. The molecular weight excluding hydrogens is 534 g/mol. The summed E-state index contributed by atoms with van der Waals surface area (Å²) in [6.07, 6.45) is 1.00. The Morgan fingerprint density at radius 2 is 1.80 bits per heavy atom. The average Bonchev–Trinajstić information content (AvgIpc) is 3.55. The highest BCUT2D eigenvalue weighted by Gasteiger charge is 2.50. The Bertz CT molecular complexity index is 1320. The third-order valence-electron chi connectivity index (χ3n) is 8.50. The molecule has 6 atom stereocenters. The highest BCUT2D eigenvalue weighted by Crippen LogP contribution is 2.42. The molecule has 1 aliphatic carbocycles. The minimum atomic E-state index is -3.31. The van der Waals surface area contributed by atoms with Gasteiger partial charge in [-0.2, -0.15) is 8.78 Å². The van der Waals surface area contributed by atoms with E-state index in [2.05, 4.69) is 15.3 Å². The minimum absolute atomic E-state index is 0.0335. The van der Waals surface area contributed by atoms with Crippen molar-refractivity contribution >= 4 is 29.3 Å². The molecule has 1 saturated heterocycles. The van der Waals surface area contributed by atoms with Crippen LogP contribution in [0.25, 0.3) is 11.0 Å². The lowest BCUT2D eigenvalue weighted by Crippen LogP contribution is -2.56. The number of amides is 2. The van der Waals surface area contributed by atoms with Crippen LogP contribution in [0.3, 0.4) is 0 Å². The summed E-state index contributed by atoms with van der Waals surface area (Å²) in [6.45, 7) is 7.27. The zero-order valence-corrected chi connectivity index (χ0v) is 23.9. The normalized spacial score (nSPS) is 30.6. The van der Waals surface area contributed by atoms with E-state index in [1.54, 1.807) is 24.3 Å². The maximum Gasteiger partial charge on any atom is 0.408 e. The number of alkyl carbamates (subject to hydrolysis) is 1. The van der Waals surface area contributed by atoms with Gasteiger partial charge in [-0.05, 0) is 49.1 Å². The van der Waals surface area contributed by atoms with Crippen LogP contribution in [-0.4, -0.2) is 64.0 Å². The fraction of sp³-hybridized carbons (Fsp3) is 0.633. The Morgan fingerprint density at radius 1 is 1.10 bits per heavy atom. The number of para-hydroxylation sites is 2. The molecule has 0 unspecified atom stereocenters. The van der Waals surface area contributed by atoms with E-state index >= 15 is 8.78 Å². The number of fused-ring (bicyclic) bond motifs is 5. The van der Waals surface area contributed by atoms with E-state index in [0.717, 1.165) is 0 Å². The van der Waals surface area contributed by atoms with Gasteiger partial charge in [0.25, 0.3) is 5.92 Å². The molecule has 1 aromatic carbocycles.